The Kier molecular flexibility index (Phi) is 11.0. The number of thiophene rings is 1. The lowest BCUT2D eigenvalue weighted by Crippen LogP contribution is -2.48. The first-order valence-electron chi connectivity index (χ1n) is 15.3. The van der Waals surface area contributed by atoms with Gasteiger partial charge < -0.3 is 20.5 Å². The van der Waals surface area contributed by atoms with Crippen molar-refractivity contribution in [1.29, 1.82) is 0 Å². The highest BCUT2D eigenvalue weighted by atomic mass is 32.2. The Bertz CT molecular complexity index is 1840. The summed E-state index contributed by atoms with van der Waals surface area (Å²) in [6.07, 6.45) is -0.887. The second kappa shape index (κ2) is 14.6. The maximum absolute atomic E-state index is 13.7. The van der Waals surface area contributed by atoms with Crippen molar-refractivity contribution in [3.63, 3.8) is 0 Å². The quantitative estimate of drug-likeness (QED) is 0.257. The number of hydrogen-bond donors (Lipinski definition) is 3. The second-order valence-corrected chi connectivity index (χ2v) is 17.2. The fourth-order valence-corrected chi connectivity index (χ4v) is 9.11. The molecule has 1 aromatic heterocycles. The number of sulfone groups is 2. The predicted molar refractivity (Wildman–Crippen MR) is 179 cm³/mol. The second-order valence-electron chi connectivity index (χ2n) is 11.9. The molecule has 0 amide bonds. The van der Waals surface area contributed by atoms with Gasteiger partial charge in [0.15, 0.2) is 19.7 Å². The Morgan fingerprint density at radius 1 is 1.09 bits per heavy atom. The molecule has 1 aliphatic carbocycles. The van der Waals surface area contributed by atoms with Gasteiger partial charge >= 0.3 is 6.18 Å². The van der Waals surface area contributed by atoms with Crippen molar-refractivity contribution in [3.8, 4) is 17.6 Å². The zero-order chi connectivity index (χ0) is 33.8. The van der Waals surface area contributed by atoms with Gasteiger partial charge in [-0.05, 0) is 54.8 Å². The van der Waals surface area contributed by atoms with Crippen molar-refractivity contribution in [1.82, 2.24) is 4.90 Å². The SMILES string of the molecule is CS(=O)(=O)c1ccc(NCC#Cc2sc3c(NC4CCC(N5CCS(=O)(=O)CC5)CC4)cccc3c2CC(F)(F)F)c(OCCO)c1. The first-order chi connectivity index (χ1) is 22.2. The number of benzene rings is 2. The van der Waals surface area contributed by atoms with E-state index in [2.05, 4.69) is 27.4 Å². The van der Waals surface area contributed by atoms with Gasteiger partial charge in [-0.25, -0.2) is 16.8 Å². The number of hydrogen-bond acceptors (Lipinski definition) is 10. The minimum atomic E-state index is -4.43. The molecule has 1 saturated heterocycles. The lowest BCUT2D eigenvalue weighted by Gasteiger charge is -2.39. The molecule has 0 unspecified atom stereocenters. The van der Waals surface area contributed by atoms with Gasteiger partial charge in [0.05, 0.1) is 56.9 Å². The molecule has 2 aromatic carbocycles. The van der Waals surface area contributed by atoms with E-state index in [1.807, 2.05) is 6.07 Å². The summed E-state index contributed by atoms with van der Waals surface area (Å²) in [5, 5.41) is 16.3. The molecule has 3 aromatic rings. The molecule has 2 heterocycles. The van der Waals surface area contributed by atoms with Crippen LogP contribution in [0.2, 0.25) is 0 Å². The number of halogens is 3. The molecule has 1 aliphatic heterocycles. The van der Waals surface area contributed by atoms with Crippen molar-refractivity contribution >= 4 is 52.5 Å². The van der Waals surface area contributed by atoms with E-state index in [1.54, 1.807) is 12.1 Å². The van der Waals surface area contributed by atoms with Crippen LogP contribution in [0.15, 0.2) is 41.3 Å². The molecule has 47 heavy (non-hydrogen) atoms. The van der Waals surface area contributed by atoms with E-state index in [0.717, 1.165) is 37.6 Å². The Morgan fingerprint density at radius 3 is 2.47 bits per heavy atom. The Balaban J connectivity index is 1.31. The van der Waals surface area contributed by atoms with Gasteiger partial charge in [0.2, 0.25) is 0 Å². The number of alkyl halides is 3. The smallest absolute Gasteiger partial charge is 0.393 e. The molecule has 0 bridgehead atoms. The van der Waals surface area contributed by atoms with Crippen LogP contribution in [0.4, 0.5) is 24.5 Å². The zero-order valence-electron chi connectivity index (χ0n) is 25.9. The fraction of sp³-hybridized carbons (Fsp3) is 0.500. The number of rotatable bonds is 10. The third-order valence-corrected chi connectivity index (χ3v) is 12.4. The Hall–Kier alpha value is -3.03. The maximum Gasteiger partial charge on any atom is 0.393 e. The van der Waals surface area contributed by atoms with Crippen LogP contribution in [-0.2, 0) is 26.1 Å². The lowest BCUT2D eigenvalue weighted by molar-refractivity contribution is -0.126. The van der Waals surface area contributed by atoms with Crippen LogP contribution < -0.4 is 15.4 Å². The highest BCUT2D eigenvalue weighted by Gasteiger charge is 2.32. The number of aliphatic hydroxyl groups excluding tert-OH is 1. The number of fused-ring (bicyclic) bond motifs is 1. The molecule has 2 fully saturated rings. The van der Waals surface area contributed by atoms with E-state index >= 15 is 0 Å². The molecule has 256 valence electrons. The standard InChI is InChI=1S/C32H38F3N3O6S3/c1-46(40,41)24-11-12-27(29(20-24)44-17-16-39)36-13-3-6-30-26(21-32(33,34)35)25-4-2-5-28(31(25)45-30)37-22-7-9-23(10-8-22)38-14-18-47(42,43)19-15-38/h2,4-5,11-12,20,22-23,36-37,39H,7-10,13-19,21H2,1H3. The van der Waals surface area contributed by atoms with Crippen LogP contribution in [0.1, 0.15) is 36.1 Å². The summed E-state index contributed by atoms with van der Waals surface area (Å²) in [5.41, 5.74) is 1.33. The van der Waals surface area contributed by atoms with Crippen LogP contribution in [0.5, 0.6) is 5.75 Å². The summed E-state index contributed by atoms with van der Waals surface area (Å²) in [5.74, 6) is 6.43. The molecular weight excluding hydrogens is 676 g/mol. The first-order valence-corrected chi connectivity index (χ1v) is 19.9. The molecule has 9 nitrogen and oxygen atoms in total. The largest absolute Gasteiger partial charge is 0.489 e. The van der Waals surface area contributed by atoms with Gasteiger partial charge in [-0.1, -0.05) is 24.0 Å². The molecule has 0 atom stereocenters. The van der Waals surface area contributed by atoms with Crippen molar-refractivity contribution in [2.24, 2.45) is 0 Å². The molecule has 1 saturated carbocycles. The van der Waals surface area contributed by atoms with E-state index < -0.39 is 32.3 Å². The third kappa shape index (κ3) is 9.32. The van der Waals surface area contributed by atoms with E-state index in [-0.39, 0.29) is 53.5 Å². The maximum atomic E-state index is 13.7. The monoisotopic (exact) mass is 713 g/mol. The van der Waals surface area contributed by atoms with Gasteiger partial charge in [0.1, 0.15) is 12.4 Å². The molecular formula is C32H38F3N3O6S3. The summed E-state index contributed by atoms with van der Waals surface area (Å²) in [4.78, 5) is 2.64. The fourth-order valence-electron chi connectivity index (χ4n) is 6.08. The minimum absolute atomic E-state index is 0.0428. The topological polar surface area (TPSA) is 125 Å². The molecule has 0 spiro atoms. The van der Waals surface area contributed by atoms with Gasteiger partial charge in [-0.15, -0.1) is 11.3 Å². The minimum Gasteiger partial charge on any atom is -0.489 e. The summed E-state index contributed by atoms with van der Waals surface area (Å²) < 4.78 is 94.9. The summed E-state index contributed by atoms with van der Waals surface area (Å²) in [7, 11) is -6.44. The number of nitrogens with zero attached hydrogens (tertiary/aromatic N) is 1. The van der Waals surface area contributed by atoms with Gasteiger partial charge in [0, 0.05) is 37.5 Å². The number of aliphatic hydroxyl groups is 1. The Labute approximate surface area is 277 Å². The van der Waals surface area contributed by atoms with E-state index in [0.29, 0.717) is 39.8 Å². The van der Waals surface area contributed by atoms with E-state index in [9.17, 15) is 30.0 Å². The van der Waals surface area contributed by atoms with Crippen LogP contribution in [0, 0.1) is 11.8 Å². The van der Waals surface area contributed by atoms with E-state index in [4.69, 9.17) is 9.84 Å². The van der Waals surface area contributed by atoms with Gasteiger partial charge in [-0.3, -0.25) is 4.90 Å². The van der Waals surface area contributed by atoms with Crippen molar-refractivity contribution < 1.29 is 39.9 Å². The van der Waals surface area contributed by atoms with Crippen LogP contribution in [0.3, 0.4) is 0 Å². The van der Waals surface area contributed by atoms with Gasteiger partial charge in [-0.2, -0.15) is 13.2 Å². The normalized spacial score (nSPS) is 20.4. The number of nitrogens with one attached hydrogen (secondary N) is 2. The summed E-state index contributed by atoms with van der Waals surface area (Å²) in [6, 6.07) is 10.1. The number of anilines is 2. The Morgan fingerprint density at radius 2 is 1.81 bits per heavy atom. The average molecular weight is 714 g/mol. The highest BCUT2D eigenvalue weighted by molar-refractivity contribution is 7.91. The average Bonchev–Trinajstić information content (AvgIpc) is 3.35. The molecule has 15 heteroatoms. The molecule has 3 N–H and O–H groups in total. The van der Waals surface area contributed by atoms with Crippen LogP contribution in [0.25, 0.3) is 10.1 Å². The first kappa shape index (κ1) is 35.3. The summed E-state index contributed by atoms with van der Waals surface area (Å²) >= 11 is 1.22. The third-order valence-electron chi connectivity index (χ3n) is 8.45. The van der Waals surface area contributed by atoms with E-state index in [1.165, 1.54) is 29.5 Å². The highest BCUT2D eigenvalue weighted by Crippen LogP contribution is 2.40. The molecule has 2 aliphatic rings. The summed E-state index contributed by atoms with van der Waals surface area (Å²) in [6.45, 7) is 0.842. The molecule has 5 rings (SSSR count). The van der Waals surface area contributed by atoms with Crippen LogP contribution >= 0.6 is 11.3 Å². The van der Waals surface area contributed by atoms with Crippen molar-refractivity contribution in [2.75, 3.05) is 61.2 Å². The van der Waals surface area contributed by atoms with Crippen LogP contribution in [-0.4, -0.2) is 95.7 Å². The van der Waals surface area contributed by atoms with Crippen molar-refractivity contribution in [2.45, 2.75) is 55.3 Å². The van der Waals surface area contributed by atoms with Gasteiger partial charge in [0.25, 0.3) is 0 Å². The lowest BCUT2D eigenvalue weighted by atomic mass is 9.90. The zero-order valence-corrected chi connectivity index (χ0v) is 28.3. The van der Waals surface area contributed by atoms with Crippen molar-refractivity contribution in [3.05, 3.63) is 46.8 Å². The predicted octanol–water partition coefficient (Wildman–Crippen LogP) is 4.70. The molecule has 0 radical (unpaired) electrons. The number of ether oxygens (including phenoxy) is 1.